The summed E-state index contributed by atoms with van der Waals surface area (Å²) in [7, 11) is 0. The molecule has 0 fully saturated rings. The summed E-state index contributed by atoms with van der Waals surface area (Å²) >= 11 is 0. The van der Waals surface area contributed by atoms with Gasteiger partial charge in [0, 0.05) is 5.39 Å². The third-order valence-electron chi connectivity index (χ3n) is 2.05. The zero-order valence-corrected chi connectivity index (χ0v) is 8.90. The molecule has 0 saturated heterocycles. The number of pyridine rings is 1. The lowest BCUT2D eigenvalue weighted by atomic mass is 10.2. The first-order chi connectivity index (χ1) is 7.15. The van der Waals surface area contributed by atoms with E-state index >= 15 is 0 Å². The van der Waals surface area contributed by atoms with E-state index < -0.39 is 0 Å². The molecule has 0 aliphatic carbocycles. The van der Waals surface area contributed by atoms with Crippen molar-refractivity contribution in [2.75, 3.05) is 5.73 Å². The van der Waals surface area contributed by atoms with Crippen molar-refractivity contribution in [1.82, 2.24) is 4.98 Å². The molecule has 1 aromatic carbocycles. The summed E-state index contributed by atoms with van der Waals surface area (Å²) < 4.78 is 5.59. The van der Waals surface area contributed by atoms with Gasteiger partial charge in [-0.2, -0.15) is 0 Å². The van der Waals surface area contributed by atoms with Crippen molar-refractivity contribution in [1.29, 1.82) is 0 Å². The number of benzene rings is 1. The number of nitrogens with zero attached hydrogens (tertiary/aromatic N) is 1. The zero-order chi connectivity index (χ0) is 10.8. The van der Waals surface area contributed by atoms with Crippen molar-refractivity contribution in [3.05, 3.63) is 30.3 Å². The molecule has 0 atom stereocenters. The molecular weight excluding hydrogens is 188 g/mol. The van der Waals surface area contributed by atoms with Crippen LogP contribution in [0.25, 0.3) is 10.9 Å². The van der Waals surface area contributed by atoms with E-state index in [-0.39, 0.29) is 6.10 Å². The topological polar surface area (TPSA) is 48.1 Å². The molecule has 0 saturated carbocycles. The fraction of sp³-hybridized carbons (Fsp3) is 0.250. The smallest absolute Gasteiger partial charge is 0.124 e. The van der Waals surface area contributed by atoms with Gasteiger partial charge < -0.3 is 10.5 Å². The number of nitrogen functional groups attached to an aromatic ring is 1. The Bertz CT molecular complexity index is 480. The number of rotatable bonds is 2. The summed E-state index contributed by atoms with van der Waals surface area (Å²) in [4.78, 5) is 4.22. The second-order valence-electron chi connectivity index (χ2n) is 3.76. The molecule has 1 aromatic heterocycles. The third kappa shape index (κ3) is 2.18. The molecule has 2 rings (SSSR count). The van der Waals surface area contributed by atoms with Gasteiger partial charge >= 0.3 is 0 Å². The normalized spacial score (nSPS) is 10.9. The summed E-state index contributed by atoms with van der Waals surface area (Å²) in [6, 6.07) is 9.55. The van der Waals surface area contributed by atoms with E-state index in [1.54, 1.807) is 6.07 Å². The molecule has 0 amide bonds. The van der Waals surface area contributed by atoms with E-state index in [4.69, 9.17) is 10.5 Å². The maximum absolute atomic E-state index is 5.60. The summed E-state index contributed by atoms with van der Waals surface area (Å²) in [5, 5.41) is 1.04. The number of nitrogens with two attached hydrogens (primary N) is 1. The second-order valence-corrected chi connectivity index (χ2v) is 3.76. The molecule has 15 heavy (non-hydrogen) atoms. The number of hydrogen-bond acceptors (Lipinski definition) is 3. The van der Waals surface area contributed by atoms with Crippen LogP contribution in [0.5, 0.6) is 5.75 Å². The van der Waals surface area contributed by atoms with Crippen molar-refractivity contribution < 1.29 is 4.74 Å². The molecule has 2 aromatic rings. The minimum Gasteiger partial charge on any atom is -0.491 e. The lowest BCUT2D eigenvalue weighted by molar-refractivity contribution is 0.243. The van der Waals surface area contributed by atoms with Crippen molar-refractivity contribution in [2.24, 2.45) is 0 Å². The Labute approximate surface area is 88.9 Å². The molecular formula is C12H14N2O. The van der Waals surface area contributed by atoms with Crippen LogP contribution in [-0.2, 0) is 0 Å². The molecule has 3 nitrogen and oxygen atoms in total. The van der Waals surface area contributed by atoms with Gasteiger partial charge in [0.2, 0.25) is 0 Å². The number of fused-ring (bicyclic) bond motifs is 1. The van der Waals surface area contributed by atoms with E-state index in [1.165, 1.54) is 0 Å². The van der Waals surface area contributed by atoms with E-state index in [0.717, 1.165) is 16.7 Å². The predicted molar refractivity (Wildman–Crippen MR) is 61.9 cm³/mol. The highest BCUT2D eigenvalue weighted by molar-refractivity contribution is 5.81. The van der Waals surface area contributed by atoms with Gasteiger partial charge in [-0.05, 0) is 44.2 Å². The molecule has 0 unspecified atom stereocenters. The van der Waals surface area contributed by atoms with Gasteiger partial charge in [-0.25, -0.2) is 4.98 Å². The maximum Gasteiger partial charge on any atom is 0.124 e. The Morgan fingerprint density at radius 3 is 2.73 bits per heavy atom. The number of hydrogen-bond donors (Lipinski definition) is 1. The van der Waals surface area contributed by atoms with Gasteiger partial charge in [0.25, 0.3) is 0 Å². The van der Waals surface area contributed by atoms with Gasteiger partial charge in [-0.15, -0.1) is 0 Å². The van der Waals surface area contributed by atoms with Crippen molar-refractivity contribution >= 4 is 16.7 Å². The fourth-order valence-electron chi connectivity index (χ4n) is 1.46. The fourth-order valence-corrected chi connectivity index (χ4v) is 1.46. The van der Waals surface area contributed by atoms with Crippen LogP contribution in [-0.4, -0.2) is 11.1 Å². The van der Waals surface area contributed by atoms with Crippen LogP contribution in [0.3, 0.4) is 0 Å². The van der Waals surface area contributed by atoms with Crippen molar-refractivity contribution in [3.8, 4) is 5.75 Å². The Balaban J connectivity index is 2.43. The van der Waals surface area contributed by atoms with E-state index in [1.807, 2.05) is 38.1 Å². The molecule has 0 bridgehead atoms. The molecule has 0 spiro atoms. The molecule has 2 N–H and O–H groups in total. The minimum atomic E-state index is 0.184. The van der Waals surface area contributed by atoms with Gasteiger partial charge in [0.1, 0.15) is 11.6 Å². The average molecular weight is 202 g/mol. The van der Waals surface area contributed by atoms with Gasteiger partial charge in [-0.1, -0.05) is 0 Å². The maximum atomic E-state index is 5.60. The van der Waals surface area contributed by atoms with Crippen LogP contribution in [0.15, 0.2) is 30.3 Å². The van der Waals surface area contributed by atoms with E-state index in [2.05, 4.69) is 4.98 Å². The van der Waals surface area contributed by atoms with Crippen LogP contribution < -0.4 is 10.5 Å². The Morgan fingerprint density at radius 2 is 2.00 bits per heavy atom. The SMILES string of the molecule is CC(C)Oc1ccc2nc(N)ccc2c1. The molecule has 0 aliphatic rings. The predicted octanol–water partition coefficient (Wildman–Crippen LogP) is 2.60. The van der Waals surface area contributed by atoms with Gasteiger partial charge in [0.15, 0.2) is 0 Å². The van der Waals surface area contributed by atoms with E-state index in [0.29, 0.717) is 5.82 Å². The molecule has 78 valence electrons. The monoisotopic (exact) mass is 202 g/mol. The van der Waals surface area contributed by atoms with Crippen molar-refractivity contribution in [2.45, 2.75) is 20.0 Å². The summed E-state index contributed by atoms with van der Waals surface area (Å²) in [5.74, 6) is 1.41. The first kappa shape index (κ1) is 9.77. The van der Waals surface area contributed by atoms with Crippen LogP contribution in [0.4, 0.5) is 5.82 Å². The molecule has 3 heteroatoms. The average Bonchev–Trinajstić information content (AvgIpc) is 2.17. The highest BCUT2D eigenvalue weighted by atomic mass is 16.5. The highest BCUT2D eigenvalue weighted by Gasteiger charge is 2.00. The van der Waals surface area contributed by atoms with Gasteiger partial charge in [0.05, 0.1) is 11.6 Å². The van der Waals surface area contributed by atoms with Gasteiger partial charge in [-0.3, -0.25) is 0 Å². The van der Waals surface area contributed by atoms with Crippen LogP contribution >= 0.6 is 0 Å². The Kier molecular flexibility index (Phi) is 2.46. The molecule has 0 aliphatic heterocycles. The lowest BCUT2D eigenvalue weighted by Crippen LogP contribution is -2.05. The number of anilines is 1. The summed E-state index contributed by atoms with van der Waals surface area (Å²) in [6.45, 7) is 4.01. The lowest BCUT2D eigenvalue weighted by Gasteiger charge is -2.10. The first-order valence-corrected chi connectivity index (χ1v) is 4.98. The van der Waals surface area contributed by atoms with Crippen LogP contribution in [0.1, 0.15) is 13.8 Å². The minimum absolute atomic E-state index is 0.184. The Hall–Kier alpha value is -1.77. The van der Waals surface area contributed by atoms with E-state index in [9.17, 15) is 0 Å². The highest BCUT2D eigenvalue weighted by Crippen LogP contribution is 2.21. The van der Waals surface area contributed by atoms with Crippen LogP contribution in [0, 0.1) is 0 Å². The second kappa shape index (κ2) is 3.77. The number of ether oxygens (including phenoxy) is 1. The Morgan fingerprint density at radius 1 is 1.20 bits per heavy atom. The zero-order valence-electron chi connectivity index (χ0n) is 8.90. The largest absolute Gasteiger partial charge is 0.491 e. The molecule has 1 heterocycles. The summed E-state index contributed by atoms with van der Waals surface area (Å²) in [5.41, 5.74) is 6.49. The quantitative estimate of drug-likeness (QED) is 0.814. The number of aromatic nitrogens is 1. The summed E-state index contributed by atoms with van der Waals surface area (Å²) in [6.07, 6.45) is 0.184. The molecule has 0 radical (unpaired) electrons. The standard InChI is InChI=1S/C12H14N2O/c1-8(2)15-10-4-5-11-9(7-10)3-6-12(13)14-11/h3-8H,1-2H3,(H2,13,14). The van der Waals surface area contributed by atoms with Crippen molar-refractivity contribution in [3.63, 3.8) is 0 Å². The third-order valence-corrected chi connectivity index (χ3v) is 2.05. The first-order valence-electron chi connectivity index (χ1n) is 4.98. The van der Waals surface area contributed by atoms with Crippen LogP contribution in [0.2, 0.25) is 0 Å².